The maximum atomic E-state index is 12.4. The number of amides is 1. The molecule has 2 aromatic heterocycles. The molecule has 0 bridgehead atoms. The molecule has 0 saturated heterocycles. The molecule has 4 aromatic rings. The van der Waals surface area contributed by atoms with Crippen molar-refractivity contribution in [2.45, 2.75) is 0 Å². The Balaban J connectivity index is 1.38. The molecule has 8 heteroatoms. The highest BCUT2D eigenvalue weighted by molar-refractivity contribution is 7.21. The predicted octanol–water partition coefficient (Wildman–Crippen LogP) is 5.60. The van der Waals surface area contributed by atoms with Gasteiger partial charge in [0.05, 0.1) is 11.2 Å². The van der Waals surface area contributed by atoms with Gasteiger partial charge in [-0.25, -0.2) is 10.2 Å². The Morgan fingerprint density at radius 1 is 1.03 bits per heavy atom. The zero-order valence-corrected chi connectivity index (χ0v) is 17.2. The number of nitrogens with one attached hydrogen (secondary N) is 1. The van der Waals surface area contributed by atoms with Crippen LogP contribution in [0.2, 0.25) is 5.02 Å². The van der Waals surface area contributed by atoms with E-state index in [1.165, 1.54) is 28.9 Å². The third-order valence-corrected chi connectivity index (χ3v) is 6.46. The van der Waals surface area contributed by atoms with Crippen LogP contribution < -0.4 is 10.2 Å². The second-order valence-corrected chi connectivity index (χ2v) is 8.25. The first-order valence-corrected chi connectivity index (χ1v) is 10.6. The SMILES string of the molecule is O=C(Oc1ccc(/C=N\NC(=O)c2sc3ccccc3c2Cl)cc1)c1cccs1. The number of benzene rings is 2. The van der Waals surface area contributed by atoms with E-state index in [1.807, 2.05) is 29.6 Å². The number of rotatable bonds is 5. The van der Waals surface area contributed by atoms with Crippen LogP contribution in [0, 0.1) is 0 Å². The molecule has 0 fully saturated rings. The quantitative estimate of drug-likeness (QED) is 0.190. The lowest BCUT2D eigenvalue weighted by Gasteiger charge is -2.03. The van der Waals surface area contributed by atoms with E-state index in [9.17, 15) is 9.59 Å². The van der Waals surface area contributed by atoms with Gasteiger partial charge < -0.3 is 4.74 Å². The Kier molecular flexibility index (Phi) is 5.71. The summed E-state index contributed by atoms with van der Waals surface area (Å²) in [6, 6.07) is 17.9. The molecule has 0 aliphatic rings. The summed E-state index contributed by atoms with van der Waals surface area (Å²) >= 11 is 8.94. The number of hydrogen-bond donors (Lipinski definition) is 1. The molecule has 0 aliphatic heterocycles. The maximum Gasteiger partial charge on any atom is 0.353 e. The van der Waals surface area contributed by atoms with E-state index < -0.39 is 5.97 Å². The molecular weight excluding hydrogens is 428 g/mol. The van der Waals surface area contributed by atoms with E-state index >= 15 is 0 Å². The molecule has 5 nitrogen and oxygen atoms in total. The molecule has 0 spiro atoms. The van der Waals surface area contributed by atoms with Gasteiger partial charge in [-0.3, -0.25) is 4.79 Å². The van der Waals surface area contributed by atoms with Gasteiger partial charge in [-0.2, -0.15) is 5.10 Å². The van der Waals surface area contributed by atoms with Crippen LogP contribution in [0.5, 0.6) is 5.75 Å². The van der Waals surface area contributed by atoms with Crippen molar-refractivity contribution < 1.29 is 14.3 Å². The number of thiophene rings is 2. The second kappa shape index (κ2) is 8.57. The van der Waals surface area contributed by atoms with Crippen LogP contribution in [0.1, 0.15) is 24.9 Å². The van der Waals surface area contributed by atoms with Gasteiger partial charge in [0.25, 0.3) is 5.91 Å². The molecule has 144 valence electrons. The van der Waals surface area contributed by atoms with E-state index in [0.717, 1.165) is 15.6 Å². The van der Waals surface area contributed by atoms with Crippen molar-refractivity contribution in [1.29, 1.82) is 0 Å². The van der Waals surface area contributed by atoms with Crippen LogP contribution in [0.4, 0.5) is 0 Å². The van der Waals surface area contributed by atoms with E-state index in [2.05, 4.69) is 10.5 Å². The van der Waals surface area contributed by atoms with Gasteiger partial charge in [-0.1, -0.05) is 35.9 Å². The topological polar surface area (TPSA) is 67.8 Å². The normalized spacial score (nSPS) is 11.1. The molecule has 0 unspecified atom stereocenters. The summed E-state index contributed by atoms with van der Waals surface area (Å²) in [6.07, 6.45) is 1.50. The van der Waals surface area contributed by atoms with Gasteiger partial charge in [0.2, 0.25) is 0 Å². The van der Waals surface area contributed by atoms with Crippen molar-refractivity contribution >= 4 is 62.5 Å². The lowest BCUT2D eigenvalue weighted by Crippen LogP contribution is -2.16. The summed E-state index contributed by atoms with van der Waals surface area (Å²) in [7, 11) is 0. The molecule has 0 radical (unpaired) electrons. The average Bonchev–Trinajstić information content (AvgIpc) is 3.38. The summed E-state index contributed by atoms with van der Waals surface area (Å²) in [6.45, 7) is 0. The number of hydrazone groups is 1. The fraction of sp³-hybridized carbons (Fsp3) is 0. The largest absolute Gasteiger partial charge is 0.422 e. The molecule has 1 amide bonds. The smallest absolute Gasteiger partial charge is 0.353 e. The van der Waals surface area contributed by atoms with Gasteiger partial charge in [-0.05, 0) is 47.3 Å². The molecule has 2 aromatic carbocycles. The number of fused-ring (bicyclic) bond motifs is 1. The first-order valence-electron chi connectivity index (χ1n) is 8.48. The zero-order chi connectivity index (χ0) is 20.2. The van der Waals surface area contributed by atoms with E-state index in [1.54, 1.807) is 36.4 Å². The molecule has 2 heterocycles. The first kappa shape index (κ1) is 19.3. The second-order valence-electron chi connectivity index (χ2n) is 5.88. The summed E-state index contributed by atoms with van der Waals surface area (Å²) in [4.78, 5) is 25.3. The Morgan fingerprint density at radius 3 is 2.55 bits per heavy atom. The number of ether oxygens (including phenoxy) is 1. The molecule has 0 aliphatic carbocycles. The minimum atomic E-state index is -0.395. The van der Waals surface area contributed by atoms with Crippen molar-refractivity contribution in [2.24, 2.45) is 5.10 Å². The molecule has 1 N–H and O–H groups in total. The van der Waals surface area contributed by atoms with Crippen LogP contribution in [0.25, 0.3) is 10.1 Å². The predicted molar refractivity (Wildman–Crippen MR) is 118 cm³/mol. The Hall–Kier alpha value is -3.00. The van der Waals surface area contributed by atoms with Gasteiger partial charge in [-0.15, -0.1) is 22.7 Å². The molecule has 0 saturated carbocycles. The fourth-order valence-corrected chi connectivity index (χ4v) is 4.56. The molecule has 4 rings (SSSR count). The number of hydrogen-bond acceptors (Lipinski definition) is 6. The van der Waals surface area contributed by atoms with Gasteiger partial charge in [0.1, 0.15) is 15.5 Å². The van der Waals surface area contributed by atoms with Crippen molar-refractivity contribution in [3.63, 3.8) is 0 Å². The summed E-state index contributed by atoms with van der Waals surface area (Å²) in [5, 5.41) is 7.07. The molecule has 0 atom stereocenters. The lowest BCUT2D eigenvalue weighted by molar-refractivity contribution is 0.0739. The van der Waals surface area contributed by atoms with Gasteiger partial charge in [0.15, 0.2) is 0 Å². The van der Waals surface area contributed by atoms with Crippen molar-refractivity contribution in [1.82, 2.24) is 5.43 Å². The van der Waals surface area contributed by atoms with Gasteiger partial charge in [0, 0.05) is 10.1 Å². The monoisotopic (exact) mass is 440 g/mol. The van der Waals surface area contributed by atoms with Crippen molar-refractivity contribution in [2.75, 3.05) is 0 Å². The average molecular weight is 441 g/mol. The zero-order valence-electron chi connectivity index (χ0n) is 14.8. The minimum absolute atomic E-state index is 0.367. The molecular formula is C21H13ClN2O3S2. The molecule has 29 heavy (non-hydrogen) atoms. The van der Waals surface area contributed by atoms with Crippen LogP contribution in [0.3, 0.4) is 0 Å². The van der Waals surface area contributed by atoms with Crippen LogP contribution in [0.15, 0.2) is 71.1 Å². The fourth-order valence-electron chi connectivity index (χ4n) is 2.55. The summed E-state index contributed by atoms with van der Waals surface area (Å²) < 4.78 is 6.24. The first-order chi connectivity index (χ1) is 14.1. The third kappa shape index (κ3) is 4.37. The number of esters is 1. The number of halogens is 1. The number of nitrogens with zero attached hydrogens (tertiary/aromatic N) is 1. The van der Waals surface area contributed by atoms with E-state index in [4.69, 9.17) is 16.3 Å². The lowest BCUT2D eigenvalue weighted by atomic mass is 10.2. The van der Waals surface area contributed by atoms with Crippen LogP contribution in [-0.4, -0.2) is 18.1 Å². The number of carbonyl (C=O) groups is 2. The maximum absolute atomic E-state index is 12.4. The van der Waals surface area contributed by atoms with E-state index in [0.29, 0.717) is 20.5 Å². The Morgan fingerprint density at radius 2 is 1.83 bits per heavy atom. The minimum Gasteiger partial charge on any atom is -0.422 e. The standard InChI is InChI=1S/C21H13ClN2O3S2/c22-18-15-4-1-2-5-16(15)29-19(18)20(25)24-23-12-13-7-9-14(10-8-13)27-21(26)17-6-3-11-28-17/h1-12H,(H,24,25)/b23-12-. The van der Waals surface area contributed by atoms with E-state index in [-0.39, 0.29) is 5.91 Å². The highest BCUT2D eigenvalue weighted by Gasteiger charge is 2.16. The Labute approximate surface area is 179 Å². The van der Waals surface area contributed by atoms with Crippen LogP contribution >= 0.6 is 34.3 Å². The highest BCUT2D eigenvalue weighted by atomic mass is 35.5. The van der Waals surface area contributed by atoms with Crippen molar-refractivity contribution in [3.05, 3.63) is 86.4 Å². The van der Waals surface area contributed by atoms with Gasteiger partial charge >= 0.3 is 5.97 Å². The van der Waals surface area contributed by atoms with Crippen molar-refractivity contribution in [3.8, 4) is 5.75 Å². The Bertz CT molecular complexity index is 1200. The van der Waals surface area contributed by atoms with Crippen LogP contribution in [-0.2, 0) is 0 Å². The third-order valence-electron chi connectivity index (χ3n) is 3.93. The highest BCUT2D eigenvalue weighted by Crippen LogP contribution is 2.34. The summed E-state index contributed by atoms with van der Waals surface area (Å²) in [5.41, 5.74) is 3.23. The summed E-state index contributed by atoms with van der Waals surface area (Å²) in [5.74, 6) is -0.329. The number of carbonyl (C=O) groups excluding carboxylic acids is 2.